The minimum atomic E-state index is -0.244. The highest BCUT2D eigenvalue weighted by molar-refractivity contribution is 6.30. The number of aromatic nitrogens is 6. The first-order valence-corrected chi connectivity index (χ1v) is 5.86. The van der Waals surface area contributed by atoms with Gasteiger partial charge < -0.3 is 0 Å². The molecule has 8 nitrogen and oxygen atoms in total. The fourth-order valence-corrected chi connectivity index (χ4v) is 1.73. The maximum Gasteiger partial charge on any atom is 0.249 e. The summed E-state index contributed by atoms with van der Waals surface area (Å²) in [6, 6.07) is 0.314. The van der Waals surface area contributed by atoms with Gasteiger partial charge in [0.05, 0.1) is 17.3 Å². The number of carbonyl (C=O) groups is 1. The summed E-state index contributed by atoms with van der Waals surface area (Å²) < 4.78 is 3.08. The van der Waals surface area contributed by atoms with Gasteiger partial charge in [-0.3, -0.25) is 14.8 Å². The number of nitrogens with zero attached hydrogens (tertiary/aromatic N) is 6. The second-order valence-corrected chi connectivity index (χ2v) is 4.52. The van der Waals surface area contributed by atoms with Crippen molar-refractivity contribution < 1.29 is 4.79 Å². The van der Waals surface area contributed by atoms with Crippen LogP contribution in [-0.2, 0) is 11.3 Å². The molecule has 0 saturated heterocycles. The molecule has 0 atom stereocenters. The second kappa shape index (κ2) is 4.37. The van der Waals surface area contributed by atoms with Gasteiger partial charge in [0, 0.05) is 6.20 Å². The van der Waals surface area contributed by atoms with E-state index in [1.54, 1.807) is 10.9 Å². The molecule has 2 heterocycles. The lowest BCUT2D eigenvalue weighted by Gasteiger charge is -2.04. The van der Waals surface area contributed by atoms with Crippen LogP contribution in [0.5, 0.6) is 0 Å². The summed E-state index contributed by atoms with van der Waals surface area (Å²) >= 11 is 5.71. The number of hydrogen-bond donors (Lipinski definition) is 1. The van der Waals surface area contributed by atoms with E-state index in [4.69, 9.17) is 11.6 Å². The molecule has 9 heteroatoms. The molecular formula is C9H10ClN7O. The maximum atomic E-state index is 11.8. The Balaban J connectivity index is 1.65. The van der Waals surface area contributed by atoms with Crippen LogP contribution in [-0.4, -0.2) is 35.9 Å². The Morgan fingerprint density at radius 1 is 1.56 bits per heavy atom. The quantitative estimate of drug-likeness (QED) is 0.871. The van der Waals surface area contributed by atoms with Gasteiger partial charge in [0.15, 0.2) is 0 Å². The van der Waals surface area contributed by atoms with Gasteiger partial charge >= 0.3 is 0 Å². The van der Waals surface area contributed by atoms with Crippen LogP contribution < -0.4 is 5.32 Å². The van der Waals surface area contributed by atoms with Gasteiger partial charge in [-0.25, -0.2) is 4.68 Å². The molecular weight excluding hydrogens is 258 g/mol. The Morgan fingerprint density at radius 2 is 2.39 bits per heavy atom. The van der Waals surface area contributed by atoms with Crippen molar-refractivity contribution in [1.29, 1.82) is 0 Å². The van der Waals surface area contributed by atoms with Gasteiger partial charge in [-0.1, -0.05) is 16.7 Å². The lowest BCUT2D eigenvalue weighted by atomic mass is 10.6. The van der Waals surface area contributed by atoms with Crippen molar-refractivity contribution in [2.24, 2.45) is 0 Å². The van der Waals surface area contributed by atoms with Gasteiger partial charge in [-0.15, -0.1) is 0 Å². The van der Waals surface area contributed by atoms with Crippen molar-refractivity contribution in [3.05, 3.63) is 17.4 Å². The van der Waals surface area contributed by atoms with E-state index in [9.17, 15) is 4.79 Å². The molecule has 1 aliphatic rings. The minimum absolute atomic E-state index is 0.0737. The van der Waals surface area contributed by atoms with Crippen molar-refractivity contribution in [2.45, 2.75) is 25.4 Å². The zero-order valence-electron chi connectivity index (χ0n) is 9.32. The summed E-state index contributed by atoms with van der Waals surface area (Å²) in [5.41, 5.74) is 0. The van der Waals surface area contributed by atoms with Gasteiger partial charge in [0.25, 0.3) is 0 Å². The van der Waals surface area contributed by atoms with E-state index in [1.807, 2.05) is 0 Å². The molecule has 94 valence electrons. The normalized spacial score (nSPS) is 14.7. The van der Waals surface area contributed by atoms with Crippen molar-refractivity contribution in [3.8, 4) is 0 Å². The largest absolute Gasteiger partial charge is 0.292 e. The SMILES string of the molecule is O=C(Cn1cc(Cl)cn1)Nc1nnnn1C1CC1. The fourth-order valence-electron chi connectivity index (χ4n) is 1.58. The third-order valence-corrected chi connectivity index (χ3v) is 2.74. The lowest BCUT2D eigenvalue weighted by molar-refractivity contribution is -0.117. The molecule has 1 N–H and O–H groups in total. The Kier molecular flexibility index (Phi) is 2.71. The molecule has 0 aliphatic heterocycles. The number of amides is 1. The zero-order chi connectivity index (χ0) is 12.5. The van der Waals surface area contributed by atoms with E-state index in [0.29, 0.717) is 17.0 Å². The van der Waals surface area contributed by atoms with Crippen molar-refractivity contribution in [2.75, 3.05) is 5.32 Å². The Hall–Kier alpha value is -1.96. The highest BCUT2D eigenvalue weighted by Gasteiger charge is 2.28. The number of carbonyl (C=O) groups excluding carboxylic acids is 1. The van der Waals surface area contributed by atoms with Crippen LogP contribution in [0.2, 0.25) is 5.02 Å². The number of hydrogen-bond acceptors (Lipinski definition) is 5. The third-order valence-electron chi connectivity index (χ3n) is 2.54. The van der Waals surface area contributed by atoms with Gasteiger partial charge in [0.2, 0.25) is 11.9 Å². The van der Waals surface area contributed by atoms with E-state index in [0.717, 1.165) is 12.8 Å². The van der Waals surface area contributed by atoms with E-state index < -0.39 is 0 Å². The second-order valence-electron chi connectivity index (χ2n) is 4.08. The summed E-state index contributed by atoms with van der Waals surface area (Å²) in [5, 5.41) is 18.2. The summed E-state index contributed by atoms with van der Waals surface area (Å²) in [7, 11) is 0. The van der Waals surface area contributed by atoms with Crippen molar-refractivity contribution in [1.82, 2.24) is 30.0 Å². The van der Waals surface area contributed by atoms with Gasteiger partial charge in [0.1, 0.15) is 6.54 Å². The molecule has 1 saturated carbocycles. The summed E-state index contributed by atoms with van der Waals surface area (Å²) in [4.78, 5) is 11.8. The first-order chi connectivity index (χ1) is 8.72. The topological polar surface area (TPSA) is 90.5 Å². The smallest absolute Gasteiger partial charge is 0.249 e. The minimum Gasteiger partial charge on any atom is -0.292 e. The molecule has 0 spiro atoms. The van der Waals surface area contributed by atoms with Gasteiger partial charge in [-0.2, -0.15) is 5.10 Å². The Bertz CT molecular complexity index is 573. The first-order valence-electron chi connectivity index (χ1n) is 5.48. The number of halogens is 1. The molecule has 0 unspecified atom stereocenters. The standard InChI is InChI=1S/C9H10ClN7O/c10-6-3-11-16(4-6)5-8(18)12-9-13-14-15-17(9)7-1-2-7/h3-4,7H,1-2,5H2,(H,12,13,15,18). The molecule has 0 bridgehead atoms. The van der Waals surface area contributed by atoms with E-state index in [2.05, 4.69) is 25.9 Å². The van der Waals surface area contributed by atoms with E-state index in [1.165, 1.54) is 10.9 Å². The van der Waals surface area contributed by atoms with Crippen LogP contribution in [0.1, 0.15) is 18.9 Å². The Morgan fingerprint density at radius 3 is 3.06 bits per heavy atom. The monoisotopic (exact) mass is 267 g/mol. The predicted molar refractivity (Wildman–Crippen MR) is 62.0 cm³/mol. The lowest BCUT2D eigenvalue weighted by Crippen LogP contribution is -2.21. The van der Waals surface area contributed by atoms with E-state index >= 15 is 0 Å². The summed E-state index contributed by atoms with van der Waals surface area (Å²) in [5.74, 6) is 0.132. The molecule has 1 aliphatic carbocycles. The maximum absolute atomic E-state index is 11.8. The van der Waals surface area contributed by atoms with Crippen LogP contribution >= 0.6 is 11.6 Å². The molecule has 2 aromatic rings. The van der Waals surface area contributed by atoms with Crippen molar-refractivity contribution in [3.63, 3.8) is 0 Å². The molecule has 18 heavy (non-hydrogen) atoms. The number of nitrogens with one attached hydrogen (secondary N) is 1. The Labute approximate surface area is 107 Å². The number of rotatable bonds is 4. The van der Waals surface area contributed by atoms with Gasteiger partial charge in [-0.05, 0) is 23.3 Å². The molecule has 1 fully saturated rings. The molecule has 2 aromatic heterocycles. The number of tetrazole rings is 1. The average molecular weight is 268 g/mol. The summed E-state index contributed by atoms with van der Waals surface area (Å²) in [6.45, 7) is 0.0737. The number of anilines is 1. The van der Waals surface area contributed by atoms with Crippen LogP contribution in [0.3, 0.4) is 0 Å². The van der Waals surface area contributed by atoms with E-state index in [-0.39, 0.29) is 12.5 Å². The molecule has 0 radical (unpaired) electrons. The van der Waals surface area contributed by atoms with Crippen LogP contribution in [0.4, 0.5) is 5.95 Å². The van der Waals surface area contributed by atoms with Crippen LogP contribution in [0.25, 0.3) is 0 Å². The first kappa shape index (κ1) is 11.1. The predicted octanol–water partition coefficient (Wildman–Crippen LogP) is 0.497. The zero-order valence-corrected chi connectivity index (χ0v) is 10.1. The molecule has 3 rings (SSSR count). The average Bonchev–Trinajstić information content (AvgIpc) is 2.94. The van der Waals surface area contributed by atoms with Crippen LogP contribution in [0, 0.1) is 0 Å². The molecule has 0 aromatic carbocycles. The molecule has 1 amide bonds. The third kappa shape index (κ3) is 2.33. The highest BCUT2D eigenvalue weighted by atomic mass is 35.5. The highest BCUT2D eigenvalue weighted by Crippen LogP contribution is 2.35. The summed E-state index contributed by atoms with van der Waals surface area (Å²) in [6.07, 6.45) is 5.14. The van der Waals surface area contributed by atoms with Crippen LogP contribution in [0.15, 0.2) is 12.4 Å². The van der Waals surface area contributed by atoms with Crippen molar-refractivity contribution >= 4 is 23.5 Å². The fraction of sp³-hybridized carbons (Fsp3) is 0.444.